The van der Waals surface area contributed by atoms with Crippen molar-refractivity contribution >= 4 is 17.9 Å². The molecule has 0 aromatic heterocycles. The molecular weight excluding hydrogens is 413 g/mol. The molecule has 1 heterocycles. The largest absolute Gasteiger partial charge is 0.573 e. The van der Waals surface area contributed by atoms with E-state index >= 15 is 0 Å². The van der Waals surface area contributed by atoms with Crippen molar-refractivity contribution in [2.45, 2.75) is 12.4 Å². The predicted molar refractivity (Wildman–Crippen MR) is 110 cm³/mol. The van der Waals surface area contributed by atoms with Gasteiger partial charge in [0.05, 0.1) is 19.0 Å². The molecule has 10 heteroatoms. The van der Waals surface area contributed by atoms with E-state index in [-0.39, 0.29) is 30.9 Å². The lowest BCUT2D eigenvalue weighted by atomic mass is 10.0. The Balaban J connectivity index is 1.74. The number of likely N-dealkylation sites (N-methyl/N-ethyl adjacent to an activating group) is 1. The van der Waals surface area contributed by atoms with E-state index in [0.29, 0.717) is 17.1 Å². The molecule has 0 aliphatic carbocycles. The molecule has 0 saturated heterocycles. The van der Waals surface area contributed by atoms with Gasteiger partial charge in [-0.05, 0) is 48.0 Å². The smallest absolute Gasteiger partial charge is 0.406 e. The van der Waals surface area contributed by atoms with Crippen LogP contribution in [0.4, 0.5) is 18.9 Å². The summed E-state index contributed by atoms with van der Waals surface area (Å²) in [5, 5.41) is 14.5. The van der Waals surface area contributed by atoms with E-state index in [1.54, 1.807) is 24.5 Å². The van der Waals surface area contributed by atoms with Gasteiger partial charge in [0, 0.05) is 24.8 Å². The molecule has 1 unspecified atom stereocenters. The van der Waals surface area contributed by atoms with Crippen molar-refractivity contribution in [2.24, 2.45) is 4.99 Å². The van der Waals surface area contributed by atoms with Gasteiger partial charge in [0.25, 0.3) is 5.91 Å². The number of benzene rings is 2. The SMILES string of the molecule is CN1C=NC(Nc2ccc(OC(F)(F)F)cc2)=CC1c1cccc(C(=O)NCCO)c1. The molecule has 1 aliphatic heterocycles. The summed E-state index contributed by atoms with van der Waals surface area (Å²) in [6.07, 6.45) is -1.29. The van der Waals surface area contributed by atoms with Crippen LogP contribution < -0.4 is 15.4 Å². The molecule has 0 spiro atoms. The third-order valence-corrected chi connectivity index (χ3v) is 4.38. The average molecular weight is 434 g/mol. The number of hydrogen-bond acceptors (Lipinski definition) is 6. The number of nitrogens with one attached hydrogen (secondary N) is 2. The van der Waals surface area contributed by atoms with Crippen LogP contribution in [0.15, 0.2) is 65.4 Å². The van der Waals surface area contributed by atoms with E-state index in [4.69, 9.17) is 5.11 Å². The van der Waals surface area contributed by atoms with Gasteiger partial charge in [0.2, 0.25) is 0 Å². The van der Waals surface area contributed by atoms with E-state index in [9.17, 15) is 18.0 Å². The molecule has 3 N–H and O–H groups in total. The normalized spacial score (nSPS) is 16.0. The van der Waals surface area contributed by atoms with Crippen LogP contribution in [0.2, 0.25) is 0 Å². The van der Waals surface area contributed by atoms with E-state index in [2.05, 4.69) is 20.4 Å². The summed E-state index contributed by atoms with van der Waals surface area (Å²) in [5.41, 5.74) is 1.85. The van der Waals surface area contributed by atoms with Gasteiger partial charge in [-0.2, -0.15) is 0 Å². The molecule has 0 bridgehead atoms. The van der Waals surface area contributed by atoms with Crippen LogP contribution in [0.1, 0.15) is 22.0 Å². The maximum atomic E-state index is 12.3. The minimum Gasteiger partial charge on any atom is -0.406 e. The maximum Gasteiger partial charge on any atom is 0.573 e. The Morgan fingerprint density at radius 1 is 1.23 bits per heavy atom. The number of hydrogen-bond donors (Lipinski definition) is 3. The zero-order valence-corrected chi connectivity index (χ0v) is 16.6. The molecule has 1 amide bonds. The van der Waals surface area contributed by atoms with Gasteiger partial charge in [-0.1, -0.05) is 12.1 Å². The van der Waals surface area contributed by atoms with Gasteiger partial charge < -0.3 is 25.4 Å². The Bertz CT molecular complexity index is 975. The molecule has 2 aromatic rings. The number of anilines is 1. The number of carbonyl (C=O) groups is 1. The van der Waals surface area contributed by atoms with Crippen LogP contribution in [0.25, 0.3) is 0 Å². The second-order valence-electron chi connectivity index (χ2n) is 6.71. The highest BCUT2D eigenvalue weighted by atomic mass is 19.4. The number of aliphatic hydroxyl groups is 1. The van der Waals surface area contributed by atoms with Crippen LogP contribution in [0.3, 0.4) is 0 Å². The van der Waals surface area contributed by atoms with Crippen molar-refractivity contribution in [3.8, 4) is 5.75 Å². The van der Waals surface area contributed by atoms with Crippen LogP contribution >= 0.6 is 0 Å². The summed E-state index contributed by atoms with van der Waals surface area (Å²) >= 11 is 0. The van der Waals surface area contributed by atoms with Crippen molar-refractivity contribution < 1.29 is 27.8 Å². The first kappa shape index (κ1) is 22.2. The fourth-order valence-corrected chi connectivity index (χ4v) is 2.96. The van der Waals surface area contributed by atoms with Crippen molar-refractivity contribution in [3.05, 3.63) is 71.6 Å². The van der Waals surface area contributed by atoms with E-state index < -0.39 is 6.36 Å². The molecular formula is C21H21F3N4O3. The molecule has 1 aliphatic rings. The topological polar surface area (TPSA) is 86.2 Å². The minimum absolute atomic E-state index is 0.145. The molecule has 3 rings (SSSR count). The zero-order valence-electron chi connectivity index (χ0n) is 16.6. The molecule has 0 fully saturated rings. The predicted octanol–water partition coefficient (Wildman–Crippen LogP) is 3.28. The molecule has 1 atom stereocenters. The standard InChI is InChI=1S/C21H21F3N4O3/c1-28-13-26-19(27-16-5-7-17(8-6-16)31-21(22,23)24)12-18(28)14-3-2-4-15(11-14)20(30)25-9-10-29/h2-8,11-13,18,27,29H,9-10H2,1H3,(H,25,30). The number of nitrogens with zero attached hydrogens (tertiary/aromatic N) is 2. The zero-order chi connectivity index (χ0) is 22.4. The fraction of sp³-hybridized carbons (Fsp3) is 0.238. The van der Waals surface area contributed by atoms with Crippen molar-refractivity contribution in [3.63, 3.8) is 0 Å². The lowest BCUT2D eigenvalue weighted by Crippen LogP contribution is -2.28. The van der Waals surface area contributed by atoms with Gasteiger partial charge in [-0.3, -0.25) is 4.79 Å². The van der Waals surface area contributed by atoms with Crippen molar-refractivity contribution in [1.82, 2.24) is 10.2 Å². The summed E-state index contributed by atoms with van der Waals surface area (Å²) in [6, 6.07) is 12.2. The lowest BCUT2D eigenvalue weighted by Gasteiger charge is -2.28. The Labute approximate surface area is 176 Å². The molecule has 164 valence electrons. The Morgan fingerprint density at radius 3 is 2.65 bits per heavy atom. The van der Waals surface area contributed by atoms with Crippen LogP contribution in [-0.4, -0.2) is 48.8 Å². The lowest BCUT2D eigenvalue weighted by molar-refractivity contribution is -0.274. The highest BCUT2D eigenvalue weighted by molar-refractivity contribution is 5.94. The highest BCUT2D eigenvalue weighted by Crippen LogP contribution is 2.28. The molecule has 0 radical (unpaired) electrons. The third kappa shape index (κ3) is 6.22. The summed E-state index contributed by atoms with van der Waals surface area (Å²) in [5.74, 6) is -0.0951. The first-order valence-electron chi connectivity index (χ1n) is 9.35. The number of halogens is 3. The van der Waals surface area contributed by atoms with E-state index in [0.717, 1.165) is 5.56 Å². The number of aliphatic imine (C=N–C) groups is 1. The summed E-state index contributed by atoms with van der Waals surface area (Å²) in [7, 11) is 1.84. The number of amides is 1. The summed E-state index contributed by atoms with van der Waals surface area (Å²) in [6.45, 7) is 0.0220. The molecule has 2 aromatic carbocycles. The number of alkyl halides is 3. The summed E-state index contributed by atoms with van der Waals surface area (Å²) in [4.78, 5) is 18.3. The van der Waals surface area contributed by atoms with E-state index in [1.807, 2.05) is 24.1 Å². The quantitative estimate of drug-likeness (QED) is 0.623. The monoisotopic (exact) mass is 434 g/mol. The van der Waals surface area contributed by atoms with Gasteiger partial charge in [-0.25, -0.2) is 4.99 Å². The molecule has 7 nitrogen and oxygen atoms in total. The maximum absolute atomic E-state index is 12.3. The number of carbonyl (C=O) groups excluding carboxylic acids is 1. The minimum atomic E-state index is -4.74. The van der Waals surface area contributed by atoms with Crippen molar-refractivity contribution in [1.29, 1.82) is 0 Å². The van der Waals surface area contributed by atoms with Crippen molar-refractivity contribution in [2.75, 3.05) is 25.5 Å². The second kappa shape index (κ2) is 9.52. The first-order valence-corrected chi connectivity index (χ1v) is 9.35. The number of aliphatic hydroxyl groups excluding tert-OH is 1. The van der Waals surface area contributed by atoms with Gasteiger partial charge in [0.1, 0.15) is 11.6 Å². The Hall–Kier alpha value is -3.53. The number of rotatable bonds is 7. The van der Waals surface area contributed by atoms with Crippen LogP contribution in [-0.2, 0) is 0 Å². The fourth-order valence-electron chi connectivity index (χ4n) is 2.96. The first-order chi connectivity index (χ1) is 14.7. The second-order valence-corrected chi connectivity index (χ2v) is 6.71. The van der Waals surface area contributed by atoms with Gasteiger partial charge >= 0.3 is 6.36 Å². The van der Waals surface area contributed by atoms with Crippen LogP contribution in [0, 0.1) is 0 Å². The number of ether oxygens (including phenoxy) is 1. The van der Waals surface area contributed by atoms with E-state index in [1.165, 1.54) is 24.3 Å². The van der Waals surface area contributed by atoms with Gasteiger partial charge in [0.15, 0.2) is 0 Å². The molecule has 0 saturated carbocycles. The van der Waals surface area contributed by atoms with Gasteiger partial charge in [-0.15, -0.1) is 13.2 Å². The highest BCUT2D eigenvalue weighted by Gasteiger charge is 2.31. The molecule has 31 heavy (non-hydrogen) atoms. The summed E-state index contributed by atoms with van der Waals surface area (Å²) < 4.78 is 40.7. The Morgan fingerprint density at radius 2 is 1.97 bits per heavy atom. The average Bonchev–Trinajstić information content (AvgIpc) is 2.74. The van der Waals surface area contributed by atoms with Crippen LogP contribution in [0.5, 0.6) is 5.75 Å². The third-order valence-electron chi connectivity index (χ3n) is 4.38. The Kier molecular flexibility index (Phi) is 6.81.